The van der Waals surface area contributed by atoms with E-state index < -0.39 is 5.91 Å². The highest BCUT2D eigenvalue weighted by molar-refractivity contribution is 7.10. The van der Waals surface area contributed by atoms with Crippen LogP contribution in [0.3, 0.4) is 0 Å². The molecular weight excluding hydrogens is 474 g/mol. The van der Waals surface area contributed by atoms with Gasteiger partial charge in [0.25, 0.3) is 5.91 Å². The average Bonchev–Trinajstić information content (AvgIpc) is 3.70. The summed E-state index contributed by atoms with van der Waals surface area (Å²) in [4.78, 5) is 24.1. The SMILES string of the molecule is O=C(NO)c1ccc(C2(c3nc(-c4cnc5cc(CN6CCCC6)ccn45)cs3)CCOCC2)cc1. The summed E-state index contributed by atoms with van der Waals surface area (Å²) in [6.07, 6.45) is 8.23. The minimum atomic E-state index is -0.518. The third-order valence-electron chi connectivity index (χ3n) is 7.51. The number of nitrogens with one attached hydrogen (secondary N) is 1. The number of hydrogen-bond acceptors (Lipinski definition) is 7. The second-order valence-electron chi connectivity index (χ2n) is 9.64. The van der Waals surface area contributed by atoms with Gasteiger partial charge in [-0.3, -0.25) is 19.3 Å². The minimum absolute atomic E-state index is 0.279. The molecule has 36 heavy (non-hydrogen) atoms. The Bertz CT molecular complexity index is 1370. The maximum absolute atomic E-state index is 11.8. The molecule has 8 nitrogen and oxygen atoms in total. The topological polar surface area (TPSA) is 92.0 Å². The maximum atomic E-state index is 11.8. The molecule has 0 radical (unpaired) electrons. The van der Waals surface area contributed by atoms with Gasteiger partial charge in [0.1, 0.15) is 10.7 Å². The number of hydroxylamine groups is 1. The Morgan fingerprint density at radius 3 is 2.67 bits per heavy atom. The second kappa shape index (κ2) is 9.74. The normalized spacial score (nSPS) is 18.0. The van der Waals surface area contributed by atoms with Crippen molar-refractivity contribution in [3.8, 4) is 11.4 Å². The number of nitrogens with zero attached hydrogens (tertiary/aromatic N) is 4. The van der Waals surface area contributed by atoms with Crippen LogP contribution in [0.2, 0.25) is 0 Å². The molecule has 0 bridgehead atoms. The van der Waals surface area contributed by atoms with Crippen molar-refractivity contribution in [1.29, 1.82) is 0 Å². The summed E-state index contributed by atoms with van der Waals surface area (Å²) in [5.74, 6) is -0.518. The minimum Gasteiger partial charge on any atom is -0.381 e. The second-order valence-corrected chi connectivity index (χ2v) is 10.5. The van der Waals surface area contributed by atoms with E-state index in [9.17, 15) is 4.79 Å². The highest BCUT2D eigenvalue weighted by Gasteiger charge is 2.39. The number of amides is 1. The number of carbonyl (C=O) groups excluding carboxylic acids is 1. The van der Waals surface area contributed by atoms with E-state index >= 15 is 0 Å². The van der Waals surface area contributed by atoms with Gasteiger partial charge in [-0.05, 0) is 74.2 Å². The van der Waals surface area contributed by atoms with Gasteiger partial charge in [0.05, 0.1) is 23.0 Å². The van der Waals surface area contributed by atoms with Gasteiger partial charge in [0, 0.05) is 36.9 Å². The molecule has 5 heterocycles. The van der Waals surface area contributed by atoms with Crippen LogP contribution in [0.5, 0.6) is 0 Å². The first-order chi connectivity index (χ1) is 17.7. The number of ether oxygens (including phenoxy) is 1. The van der Waals surface area contributed by atoms with Crippen LogP contribution in [0.1, 0.15) is 52.2 Å². The number of imidazole rings is 1. The van der Waals surface area contributed by atoms with Gasteiger partial charge >= 0.3 is 0 Å². The predicted molar refractivity (Wildman–Crippen MR) is 137 cm³/mol. The predicted octanol–water partition coefficient (Wildman–Crippen LogP) is 4.27. The van der Waals surface area contributed by atoms with Crippen LogP contribution in [-0.2, 0) is 16.7 Å². The van der Waals surface area contributed by atoms with E-state index in [4.69, 9.17) is 19.9 Å². The number of benzene rings is 1. The standard InChI is InChI=1S/C27H29N5O3S/c33-25(30-34)20-3-5-21(6-4-20)27(8-13-35-14-9-27)26-29-22(18-36-26)23-16-28-24-15-19(7-12-32(23)24)17-31-10-1-2-11-31/h3-7,12,15-16,18,34H,1-2,8-11,13-14,17H2,(H,30,33). The van der Waals surface area contributed by atoms with Crippen LogP contribution < -0.4 is 5.48 Å². The number of aromatic nitrogens is 3. The monoisotopic (exact) mass is 503 g/mol. The Balaban J connectivity index is 1.31. The lowest BCUT2D eigenvalue weighted by Gasteiger charge is -2.36. The summed E-state index contributed by atoms with van der Waals surface area (Å²) in [6.45, 7) is 4.64. The lowest BCUT2D eigenvalue weighted by Crippen LogP contribution is -2.35. The summed E-state index contributed by atoms with van der Waals surface area (Å²) < 4.78 is 7.82. The van der Waals surface area contributed by atoms with Gasteiger partial charge in [0.2, 0.25) is 0 Å². The van der Waals surface area contributed by atoms with Crippen LogP contribution in [0.25, 0.3) is 17.0 Å². The van der Waals surface area contributed by atoms with Crippen molar-refractivity contribution in [2.45, 2.75) is 37.6 Å². The molecule has 2 aliphatic heterocycles. The van der Waals surface area contributed by atoms with Crippen molar-refractivity contribution in [1.82, 2.24) is 24.7 Å². The van der Waals surface area contributed by atoms with Gasteiger partial charge in [-0.25, -0.2) is 15.4 Å². The molecule has 1 amide bonds. The highest BCUT2D eigenvalue weighted by Crippen LogP contribution is 2.43. The number of thiazole rings is 1. The van der Waals surface area contributed by atoms with E-state index in [1.165, 1.54) is 31.5 Å². The van der Waals surface area contributed by atoms with E-state index in [0.717, 1.165) is 47.0 Å². The molecule has 0 unspecified atom stereocenters. The van der Waals surface area contributed by atoms with E-state index in [1.54, 1.807) is 28.9 Å². The highest BCUT2D eigenvalue weighted by atomic mass is 32.1. The molecule has 0 atom stereocenters. The lowest BCUT2D eigenvalue weighted by molar-refractivity contribution is 0.0629. The fraction of sp³-hybridized carbons (Fsp3) is 0.370. The fourth-order valence-corrected chi connectivity index (χ4v) is 6.57. The number of pyridine rings is 1. The third-order valence-corrected chi connectivity index (χ3v) is 8.55. The summed E-state index contributed by atoms with van der Waals surface area (Å²) in [5, 5.41) is 12.1. The van der Waals surface area contributed by atoms with Crippen molar-refractivity contribution in [3.63, 3.8) is 0 Å². The number of rotatable bonds is 6. The molecule has 9 heteroatoms. The van der Waals surface area contributed by atoms with Gasteiger partial charge in [-0.15, -0.1) is 11.3 Å². The molecule has 0 saturated carbocycles. The van der Waals surface area contributed by atoms with Crippen LogP contribution in [-0.4, -0.2) is 56.7 Å². The number of fused-ring (bicyclic) bond motifs is 1. The molecule has 186 valence electrons. The number of hydrogen-bond donors (Lipinski definition) is 2. The summed E-state index contributed by atoms with van der Waals surface area (Å²) in [7, 11) is 0. The first-order valence-corrected chi connectivity index (χ1v) is 13.3. The van der Waals surface area contributed by atoms with Crippen molar-refractivity contribution in [2.24, 2.45) is 0 Å². The van der Waals surface area contributed by atoms with E-state index in [1.807, 2.05) is 18.3 Å². The first-order valence-electron chi connectivity index (χ1n) is 12.4. The molecule has 1 aromatic carbocycles. The van der Waals surface area contributed by atoms with Gasteiger partial charge in [-0.2, -0.15) is 0 Å². The smallest absolute Gasteiger partial charge is 0.274 e. The van der Waals surface area contributed by atoms with E-state index in [-0.39, 0.29) is 5.41 Å². The number of likely N-dealkylation sites (tertiary alicyclic amines) is 1. The van der Waals surface area contributed by atoms with E-state index in [2.05, 4.69) is 33.0 Å². The van der Waals surface area contributed by atoms with Crippen molar-refractivity contribution in [2.75, 3.05) is 26.3 Å². The molecule has 4 aromatic rings. The molecule has 2 N–H and O–H groups in total. The van der Waals surface area contributed by atoms with Crippen molar-refractivity contribution >= 4 is 22.9 Å². The zero-order valence-electron chi connectivity index (χ0n) is 20.0. The Kier molecular flexibility index (Phi) is 6.30. The van der Waals surface area contributed by atoms with Crippen molar-refractivity contribution < 1.29 is 14.7 Å². The molecule has 0 aliphatic carbocycles. The van der Waals surface area contributed by atoms with E-state index in [0.29, 0.717) is 18.8 Å². The zero-order valence-corrected chi connectivity index (χ0v) is 20.8. The molecule has 3 aromatic heterocycles. The molecular formula is C27H29N5O3S. The summed E-state index contributed by atoms with van der Waals surface area (Å²) >= 11 is 1.66. The lowest BCUT2D eigenvalue weighted by atomic mass is 9.74. The molecule has 6 rings (SSSR count). The van der Waals surface area contributed by atoms with Crippen LogP contribution in [0.4, 0.5) is 0 Å². The largest absolute Gasteiger partial charge is 0.381 e. The van der Waals surface area contributed by atoms with Gasteiger partial charge < -0.3 is 4.74 Å². The van der Waals surface area contributed by atoms with Gasteiger partial charge in [-0.1, -0.05) is 12.1 Å². The van der Waals surface area contributed by atoms with Crippen molar-refractivity contribution in [3.05, 3.63) is 75.9 Å². The third kappa shape index (κ3) is 4.22. The fourth-order valence-electron chi connectivity index (χ4n) is 5.47. The Morgan fingerprint density at radius 1 is 1.14 bits per heavy atom. The first kappa shape index (κ1) is 23.3. The maximum Gasteiger partial charge on any atom is 0.274 e. The Hall–Kier alpha value is -3.11. The average molecular weight is 504 g/mol. The molecule has 2 fully saturated rings. The van der Waals surface area contributed by atoms with Gasteiger partial charge in [0.15, 0.2) is 0 Å². The van der Waals surface area contributed by atoms with Crippen LogP contribution in [0, 0.1) is 0 Å². The number of carbonyl (C=O) groups is 1. The summed E-state index contributed by atoms with van der Waals surface area (Å²) in [5.41, 5.74) is 7.06. The molecule has 2 saturated heterocycles. The summed E-state index contributed by atoms with van der Waals surface area (Å²) in [6, 6.07) is 11.8. The molecule has 2 aliphatic rings. The quantitative estimate of drug-likeness (QED) is 0.302. The van der Waals surface area contributed by atoms with Crippen LogP contribution >= 0.6 is 11.3 Å². The Labute approximate surface area is 213 Å². The molecule has 0 spiro atoms. The zero-order chi connectivity index (χ0) is 24.5. The Morgan fingerprint density at radius 2 is 1.92 bits per heavy atom. The van der Waals surface area contributed by atoms with Crippen LogP contribution in [0.15, 0.2) is 54.2 Å².